The molecule has 5 heteroatoms. The summed E-state index contributed by atoms with van der Waals surface area (Å²) in [6.07, 6.45) is 1.44. The first kappa shape index (κ1) is 19.5. The summed E-state index contributed by atoms with van der Waals surface area (Å²) < 4.78 is 0. The third-order valence-corrected chi connectivity index (χ3v) is 5.87. The number of hydrogen-bond donors (Lipinski definition) is 1. The molecular weight excluding hydrogens is 356 g/mol. The maximum atomic E-state index is 12.8. The number of likely N-dealkylation sites (tertiary alicyclic amines) is 1. The molecule has 1 heterocycles. The maximum Gasteiger partial charge on any atom is 0.227 e. The van der Waals surface area contributed by atoms with Crippen LogP contribution in [0.2, 0.25) is 0 Å². The number of carbonyl (C=O) groups is 2. The molecule has 0 spiro atoms. The van der Waals surface area contributed by atoms with Crippen LogP contribution in [0.25, 0.3) is 0 Å². The average Bonchev–Trinajstić information content (AvgIpc) is 2.69. The van der Waals surface area contributed by atoms with E-state index in [-0.39, 0.29) is 23.7 Å². The Hall–Kier alpha value is -2.27. The van der Waals surface area contributed by atoms with Crippen LogP contribution in [0.15, 0.2) is 64.4 Å². The van der Waals surface area contributed by atoms with E-state index in [1.807, 2.05) is 61.2 Å². The van der Waals surface area contributed by atoms with Crippen LogP contribution in [-0.2, 0) is 9.59 Å². The lowest BCUT2D eigenvalue weighted by atomic mass is 9.95. The standard InChI is InChI=1S/C22H26N2O2S/c1-16(2)22(26)24-14-12-17(13-15-24)21(25)23-19-10-6-7-11-20(19)27-18-8-4-3-5-9-18/h3-11,16-17H,12-15H2,1-2H3,(H,23,25). The van der Waals surface area contributed by atoms with Crippen molar-refractivity contribution < 1.29 is 9.59 Å². The second-order valence-corrected chi connectivity index (χ2v) is 8.27. The molecule has 4 nitrogen and oxygen atoms in total. The maximum absolute atomic E-state index is 12.8. The minimum absolute atomic E-state index is 0.0114. The lowest BCUT2D eigenvalue weighted by Crippen LogP contribution is -2.43. The number of hydrogen-bond acceptors (Lipinski definition) is 3. The molecule has 27 heavy (non-hydrogen) atoms. The predicted molar refractivity (Wildman–Crippen MR) is 110 cm³/mol. The lowest BCUT2D eigenvalue weighted by molar-refractivity contribution is -0.137. The van der Waals surface area contributed by atoms with Gasteiger partial charge in [0.15, 0.2) is 0 Å². The van der Waals surface area contributed by atoms with Crippen molar-refractivity contribution in [2.24, 2.45) is 11.8 Å². The minimum atomic E-state index is -0.0454. The van der Waals surface area contributed by atoms with Crippen molar-refractivity contribution in [3.05, 3.63) is 54.6 Å². The SMILES string of the molecule is CC(C)C(=O)N1CCC(C(=O)Nc2ccccc2Sc2ccccc2)CC1. The van der Waals surface area contributed by atoms with Crippen LogP contribution in [0.3, 0.4) is 0 Å². The van der Waals surface area contributed by atoms with Gasteiger partial charge in [-0.25, -0.2) is 0 Å². The summed E-state index contributed by atoms with van der Waals surface area (Å²) in [7, 11) is 0. The lowest BCUT2D eigenvalue weighted by Gasteiger charge is -2.32. The van der Waals surface area contributed by atoms with Crippen LogP contribution >= 0.6 is 11.8 Å². The molecule has 0 aromatic heterocycles. The molecule has 1 aliphatic heterocycles. The van der Waals surface area contributed by atoms with Gasteiger partial charge in [-0.2, -0.15) is 0 Å². The Morgan fingerprint density at radius 1 is 1.00 bits per heavy atom. The summed E-state index contributed by atoms with van der Waals surface area (Å²) in [4.78, 5) is 28.9. The molecule has 0 radical (unpaired) electrons. The topological polar surface area (TPSA) is 49.4 Å². The fraction of sp³-hybridized carbons (Fsp3) is 0.364. The summed E-state index contributed by atoms with van der Waals surface area (Å²) in [6, 6.07) is 18.0. The first-order valence-corrected chi connectivity index (χ1v) is 10.3. The molecule has 2 aromatic carbocycles. The van der Waals surface area contributed by atoms with Crippen LogP contribution in [0.4, 0.5) is 5.69 Å². The Morgan fingerprint density at radius 2 is 1.63 bits per heavy atom. The highest BCUT2D eigenvalue weighted by Gasteiger charge is 2.28. The Bertz CT molecular complexity index is 784. The van der Waals surface area contributed by atoms with Crippen molar-refractivity contribution in [2.45, 2.75) is 36.5 Å². The number of carbonyl (C=O) groups excluding carboxylic acids is 2. The number of nitrogens with zero attached hydrogens (tertiary/aromatic N) is 1. The molecule has 0 unspecified atom stereocenters. The molecule has 0 atom stereocenters. The first-order valence-electron chi connectivity index (χ1n) is 9.46. The van der Waals surface area contributed by atoms with Gasteiger partial charge in [0.05, 0.1) is 5.69 Å². The largest absolute Gasteiger partial charge is 0.342 e. The van der Waals surface area contributed by atoms with Gasteiger partial charge in [-0.15, -0.1) is 0 Å². The third-order valence-electron chi connectivity index (χ3n) is 4.79. The van der Waals surface area contributed by atoms with Gasteiger partial charge in [0, 0.05) is 34.7 Å². The van der Waals surface area contributed by atoms with Gasteiger partial charge in [0.25, 0.3) is 0 Å². The van der Waals surface area contributed by atoms with Crippen LogP contribution in [0, 0.1) is 11.8 Å². The fourth-order valence-corrected chi connectivity index (χ4v) is 4.16. The zero-order valence-corrected chi connectivity index (χ0v) is 16.7. The number of piperidine rings is 1. The highest BCUT2D eigenvalue weighted by molar-refractivity contribution is 7.99. The Kier molecular flexibility index (Phi) is 6.56. The predicted octanol–water partition coefficient (Wildman–Crippen LogP) is 4.67. The number of para-hydroxylation sites is 1. The normalized spacial score (nSPS) is 15.0. The minimum Gasteiger partial charge on any atom is -0.342 e. The summed E-state index contributed by atoms with van der Waals surface area (Å²) in [5, 5.41) is 3.10. The number of rotatable bonds is 5. The van der Waals surface area contributed by atoms with Crippen LogP contribution < -0.4 is 5.32 Å². The molecule has 1 N–H and O–H groups in total. The fourth-order valence-electron chi connectivity index (χ4n) is 3.24. The Morgan fingerprint density at radius 3 is 2.30 bits per heavy atom. The van der Waals surface area contributed by atoms with Crippen molar-refractivity contribution in [2.75, 3.05) is 18.4 Å². The molecule has 1 fully saturated rings. The molecule has 142 valence electrons. The highest BCUT2D eigenvalue weighted by atomic mass is 32.2. The number of amides is 2. The molecular formula is C22H26N2O2S. The van der Waals surface area contributed by atoms with E-state index in [0.717, 1.165) is 28.3 Å². The smallest absolute Gasteiger partial charge is 0.227 e. The van der Waals surface area contributed by atoms with Gasteiger partial charge in [-0.05, 0) is 37.1 Å². The van der Waals surface area contributed by atoms with Gasteiger partial charge in [-0.1, -0.05) is 55.9 Å². The molecule has 0 saturated carbocycles. The molecule has 3 rings (SSSR count). The van der Waals surface area contributed by atoms with Crippen molar-refractivity contribution in [1.82, 2.24) is 4.90 Å². The van der Waals surface area contributed by atoms with Crippen molar-refractivity contribution >= 4 is 29.3 Å². The highest BCUT2D eigenvalue weighted by Crippen LogP contribution is 2.33. The molecule has 2 amide bonds. The molecule has 1 saturated heterocycles. The van der Waals surface area contributed by atoms with Gasteiger partial charge in [-0.3, -0.25) is 9.59 Å². The second-order valence-electron chi connectivity index (χ2n) is 7.15. The van der Waals surface area contributed by atoms with Gasteiger partial charge in [0.2, 0.25) is 11.8 Å². The van der Waals surface area contributed by atoms with Gasteiger partial charge >= 0.3 is 0 Å². The van der Waals surface area contributed by atoms with E-state index < -0.39 is 0 Å². The monoisotopic (exact) mass is 382 g/mol. The zero-order valence-electron chi connectivity index (χ0n) is 15.9. The average molecular weight is 383 g/mol. The van der Waals surface area contributed by atoms with E-state index in [0.29, 0.717) is 13.1 Å². The summed E-state index contributed by atoms with van der Waals surface area (Å²) in [5.41, 5.74) is 0.844. The Labute approximate surface area is 165 Å². The third kappa shape index (κ3) is 5.13. The summed E-state index contributed by atoms with van der Waals surface area (Å²) >= 11 is 1.64. The van der Waals surface area contributed by atoms with Crippen LogP contribution in [0.1, 0.15) is 26.7 Å². The second kappa shape index (κ2) is 9.09. The van der Waals surface area contributed by atoms with Gasteiger partial charge < -0.3 is 10.2 Å². The molecule has 0 bridgehead atoms. The van der Waals surface area contributed by atoms with Gasteiger partial charge in [0.1, 0.15) is 0 Å². The van der Waals surface area contributed by atoms with E-state index in [4.69, 9.17) is 0 Å². The first-order chi connectivity index (χ1) is 13.0. The van der Waals surface area contributed by atoms with E-state index in [1.54, 1.807) is 11.8 Å². The van der Waals surface area contributed by atoms with Crippen molar-refractivity contribution in [3.63, 3.8) is 0 Å². The molecule has 0 aliphatic carbocycles. The van der Waals surface area contributed by atoms with Crippen molar-refractivity contribution in [3.8, 4) is 0 Å². The number of benzene rings is 2. The van der Waals surface area contributed by atoms with E-state index in [2.05, 4.69) is 17.4 Å². The molecule has 2 aromatic rings. The van der Waals surface area contributed by atoms with E-state index in [9.17, 15) is 9.59 Å². The quantitative estimate of drug-likeness (QED) is 0.817. The van der Waals surface area contributed by atoms with E-state index in [1.165, 1.54) is 0 Å². The van der Waals surface area contributed by atoms with Crippen molar-refractivity contribution in [1.29, 1.82) is 0 Å². The summed E-state index contributed by atoms with van der Waals surface area (Å²) in [5.74, 6) is 0.194. The van der Waals surface area contributed by atoms with E-state index >= 15 is 0 Å². The number of nitrogens with one attached hydrogen (secondary N) is 1. The summed E-state index contributed by atoms with van der Waals surface area (Å²) in [6.45, 7) is 5.16. The molecule has 1 aliphatic rings. The van der Waals surface area contributed by atoms with Crippen LogP contribution in [0.5, 0.6) is 0 Å². The van der Waals surface area contributed by atoms with Crippen LogP contribution in [-0.4, -0.2) is 29.8 Å². The Balaban J connectivity index is 1.61. The zero-order chi connectivity index (χ0) is 19.2. The number of anilines is 1.